The number of hydrogen-bond acceptors (Lipinski definition) is 4. The summed E-state index contributed by atoms with van der Waals surface area (Å²) in [4.78, 5) is 14.1. The van der Waals surface area contributed by atoms with Crippen molar-refractivity contribution in [3.63, 3.8) is 0 Å². The zero-order chi connectivity index (χ0) is 12.3. The first-order valence-electron chi connectivity index (χ1n) is 5.25. The Morgan fingerprint density at radius 3 is 2.88 bits per heavy atom. The Balaban J connectivity index is 2.40. The zero-order valence-electron chi connectivity index (χ0n) is 9.65. The fraction of sp³-hybridized carbons (Fsp3) is 0.250. The van der Waals surface area contributed by atoms with Gasteiger partial charge in [-0.15, -0.1) is 0 Å². The highest BCUT2D eigenvalue weighted by Crippen LogP contribution is 2.31. The zero-order valence-corrected chi connectivity index (χ0v) is 9.65. The molecule has 0 aliphatic carbocycles. The summed E-state index contributed by atoms with van der Waals surface area (Å²) < 4.78 is 14.9. The number of carbonyl (C=O) groups excluding carboxylic acids is 1. The topological polar surface area (TPSA) is 60.6 Å². The van der Waals surface area contributed by atoms with E-state index in [1.54, 1.807) is 6.20 Å². The molecule has 2 aromatic rings. The third kappa shape index (κ3) is 2.18. The second kappa shape index (κ2) is 4.78. The molecule has 0 fully saturated rings. The number of aromatic nitrogens is 1. The molecule has 5 heteroatoms. The van der Waals surface area contributed by atoms with Crippen LogP contribution in [0.1, 0.15) is 6.92 Å². The molecule has 0 radical (unpaired) electrons. The molecule has 0 saturated carbocycles. The lowest BCUT2D eigenvalue weighted by molar-refractivity contribution is 0.122. The highest BCUT2D eigenvalue weighted by molar-refractivity contribution is 5.92. The van der Waals surface area contributed by atoms with Crippen LogP contribution in [0.4, 0.5) is 4.79 Å². The molecule has 2 rings (SSSR count). The van der Waals surface area contributed by atoms with Crippen molar-refractivity contribution in [1.29, 1.82) is 0 Å². The van der Waals surface area contributed by atoms with E-state index in [9.17, 15) is 4.79 Å². The third-order valence-corrected chi connectivity index (χ3v) is 2.30. The summed E-state index contributed by atoms with van der Waals surface area (Å²) in [6.07, 6.45) is 0.858. The Hall–Kier alpha value is -2.17. The van der Waals surface area contributed by atoms with Crippen LogP contribution in [0.2, 0.25) is 0 Å². The van der Waals surface area contributed by atoms with Gasteiger partial charge < -0.3 is 19.2 Å². The minimum Gasteiger partial charge on any atom is -0.492 e. The first-order chi connectivity index (χ1) is 8.26. The summed E-state index contributed by atoms with van der Waals surface area (Å²) in [6.45, 7) is 2.49. The highest BCUT2D eigenvalue weighted by atomic mass is 16.7. The maximum Gasteiger partial charge on any atom is 0.513 e. The predicted molar refractivity (Wildman–Crippen MR) is 62.5 cm³/mol. The van der Waals surface area contributed by atoms with E-state index in [1.165, 1.54) is 7.11 Å². The van der Waals surface area contributed by atoms with Crippen molar-refractivity contribution in [3.8, 4) is 11.5 Å². The van der Waals surface area contributed by atoms with Crippen LogP contribution in [0, 0.1) is 0 Å². The van der Waals surface area contributed by atoms with E-state index in [2.05, 4.69) is 9.72 Å². The average molecular weight is 235 g/mol. The highest BCUT2D eigenvalue weighted by Gasteiger charge is 2.12. The van der Waals surface area contributed by atoms with Crippen LogP contribution in [0.15, 0.2) is 24.4 Å². The Kier molecular flexibility index (Phi) is 3.18. The maximum absolute atomic E-state index is 11.0. The van der Waals surface area contributed by atoms with Crippen LogP contribution < -0.4 is 9.47 Å². The molecule has 0 aliphatic heterocycles. The van der Waals surface area contributed by atoms with Crippen molar-refractivity contribution >= 4 is 17.1 Å². The number of fused-ring (bicyclic) bond motifs is 1. The van der Waals surface area contributed by atoms with Crippen LogP contribution in [0.5, 0.6) is 11.5 Å². The molecular formula is C12H13NO4. The molecule has 0 unspecified atom stereocenters. The minimum absolute atomic E-state index is 0.424. The minimum atomic E-state index is -0.743. The number of methoxy groups -OCH3 is 1. The molecule has 0 bridgehead atoms. The lowest BCUT2D eigenvalue weighted by Gasteiger charge is -2.04. The van der Waals surface area contributed by atoms with Crippen LogP contribution in [-0.2, 0) is 4.74 Å². The first kappa shape index (κ1) is 11.3. The molecule has 0 aliphatic rings. The summed E-state index contributed by atoms with van der Waals surface area (Å²) in [5.74, 6) is 1.15. The van der Waals surface area contributed by atoms with Crippen molar-refractivity contribution in [2.45, 2.75) is 6.92 Å². The molecule has 5 nitrogen and oxygen atoms in total. The van der Waals surface area contributed by atoms with Gasteiger partial charge in [-0.05, 0) is 19.1 Å². The molecule has 1 heterocycles. The van der Waals surface area contributed by atoms with Crippen LogP contribution in [0.3, 0.4) is 0 Å². The molecule has 17 heavy (non-hydrogen) atoms. The molecule has 0 atom stereocenters. The number of nitrogens with one attached hydrogen (secondary N) is 1. The van der Waals surface area contributed by atoms with E-state index in [-0.39, 0.29) is 0 Å². The fourth-order valence-electron chi connectivity index (χ4n) is 1.59. The monoisotopic (exact) mass is 235 g/mol. The Bertz CT molecular complexity index is 532. The van der Waals surface area contributed by atoms with Gasteiger partial charge in [-0.25, -0.2) is 4.79 Å². The number of aromatic amines is 1. The van der Waals surface area contributed by atoms with Crippen molar-refractivity contribution in [3.05, 3.63) is 24.4 Å². The summed E-state index contributed by atoms with van der Waals surface area (Å²) in [5, 5.41) is 0.779. The van der Waals surface area contributed by atoms with E-state index in [4.69, 9.17) is 9.47 Å². The number of benzene rings is 1. The van der Waals surface area contributed by atoms with Gasteiger partial charge >= 0.3 is 6.16 Å². The van der Waals surface area contributed by atoms with Crippen molar-refractivity contribution in [2.24, 2.45) is 0 Å². The van der Waals surface area contributed by atoms with Gasteiger partial charge in [0.2, 0.25) is 0 Å². The number of ether oxygens (including phenoxy) is 3. The van der Waals surface area contributed by atoms with E-state index < -0.39 is 6.16 Å². The standard InChI is InChI=1S/C12H13NO4/c1-3-16-9-6-4-5-8-10(7-13-11(8)9)17-12(14)15-2/h4-7,13H,3H2,1-2H3. The van der Waals surface area contributed by atoms with Gasteiger partial charge in [-0.1, -0.05) is 6.07 Å². The fourth-order valence-corrected chi connectivity index (χ4v) is 1.59. The summed E-state index contributed by atoms with van der Waals surface area (Å²) >= 11 is 0. The maximum atomic E-state index is 11.0. The molecule has 0 amide bonds. The smallest absolute Gasteiger partial charge is 0.492 e. The van der Waals surface area contributed by atoms with Crippen LogP contribution in [-0.4, -0.2) is 24.9 Å². The van der Waals surface area contributed by atoms with Gasteiger partial charge in [-0.3, -0.25) is 0 Å². The molecule has 1 aromatic heterocycles. The Labute approximate surface area is 98.3 Å². The van der Waals surface area contributed by atoms with Gasteiger partial charge in [0.15, 0.2) is 5.75 Å². The number of hydrogen-bond donors (Lipinski definition) is 1. The number of carbonyl (C=O) groups is 1. The third-order valence-electron chi connectivity index (χ3n) is 2.30. The first-order valence-corrected chi connectivity index (χ1v) is 5.25. The average Bonchev–Trinajstić information content (AvgIpc) is 2.74. The van der Waals surface area contributed by atoms with E-state index in [0.717, 1.165) is 16.7 Å². The van der Waals surface area contributed by atoms with E-state index >= 15 is 0 Å². The molecule has 1 N–H and O–H groups in total. The van der Waals surface area contributed by atoms with Gasteiger partial charge in [0.05, 0.1) is 19.2 Å². The van der Waals surface area contributed by atoms with E-state index in [1.807, 2.05) is 25.1 Å². The second-order valence-electron chi connectivity index (χ2n) is 3.32. The largest absolute Gasteiger partial charge is 0.513 e. The molecule has 0 saturated heterocycles. The lowest BCUT2D eigenvalue weighted by Crippen LogP contribution is -2.06. The number of H-pyrrole nitrogens is 1. The Morgan fingerprint density at radius 1 is 1.35 bits per heavy atom. The van der Waals surface area contributed by atoms with Crippen molar-refractivity contribution in [1.82, 2.24) is 4.98 Å². The van der Waals surface area contributed by atoms with Gasteiger partial charge in [0.25, 0.3) is 0 Å². The van der Waals surface area contributed by atoms with Gasteiger partial charge in [0.1, 0.15) is 5.75 Å². The second-order valence-corrected chi connectivity index (χ2v) is 3.32. The van der Waals surface area contributed by atoms with Crippen molar-refractivity contribution in [2.75, 3.05) is 13.7 Å². The molecule has 90 valence electrons. The Morgan fingerprint density at radius 2 is 2.18 bits per heavy atom. The van der Waals surface area contributed by atoms with Crippen LogP contribution >= 0.6 is 0 Å². The number of para-hydroxylation sites is 1. The number of rotatable bonds is 3. The quantitative estimate of drug-likeness (QED) is 0.831. The molecule has 1 aromatic carbocycles. The van der Waals surface area contributed by atoms with Gasteiger partial charge in [0, 0.05) is 11.6 Å². The summed E-state index contributed by atoms with van der Waals surface area (Å²) in [6, 6.07) is 5.53. The van der Waals surface area contributed by atoms with Crippen LogP contribution in [0.25, 0.3) is 10.9 Å². The van der Waals surface area contributed by atoms with E-state index in [0.29, 0.717) is 12.4 Å². The summed E-state index contributed by atoms with van der Waals surface area (Å²) in [5.41, 5.74) is 0.799. The summed E-state index contributed by atoms with van der Waals surface area (Å²) in [7, 11) is 1.27. The molecule has 0 spiro atoms. The molecular weight excluding hydrogens is 222 g/mol. The SMILES string of the molecule is CCOc1cccc2c(OC(=O)OC)c[nH]c12. The lowest BCUT2D eigenvalue weighted by atomic mass is 10.2. The van der Waals surface area contributed by atoms with Crippen molar-refractivity contribution < 1.29 is 19.0 Å². The van der Waals surface area contributed by atoms with Gasteiger partial charge in [-0.2, -0.15) is 0 Å². The predicted octanol–water partition coefficient (Wildman–Crippen LogP) is 2.71. The normalized spacial score (nSPS) is 10.2.